The van der Waals surface area contributed by atoms with Crippen LogP contribution in [0, 0.1) is 0 Å². The molecule has 2 heterocycles. The highest BCUT2D eigenvalue weighted by Crippen LogP contribution is 2.19. The van der Waals surface area contributed by atoms with Gasteiger partial charge in [-0.3, -0.25) is 9.89 Å². The zero-order valence-electron chi connectivity index (χ0n) is 19.5. The molecule has 1 aromatic heterocycles. The third-order valence-corrected chi connectivity index (χ3v) is 5.46. The lowest BCUT2D eigenvalue weighted by Gasteiger charge is -2.34. The van der Waals surface area contributed by atoms with Gasteiger partial charge in [0.2, 0.25) is 5.95 Å². The normalized spacial score (nSPS) is 15.5. The van der Waals surface area contributed by atoms with Gasteiger partial charge in [-0.1, -0.05) is 26.7 Å². The number of anilines is 1. The van der Waals surface area contributed by atoms with Crippen LogP contribution in [0.1, 0.15) is 52.9 Å². The number of guanidine groups is 1. The van der Waals surface area contributed by atoms with E-state index >= 15 is 0 Å². The molecule has 2 rings (SSSR count). The Hall–Kier alpha value is -1.20. The molecular weight excluding hydrogens is 505 g/mol. The molecule has 0 amide bonds. The number of halogens is 1. The smallest absolute Gasteiger partial charge is 0.225 e. The molecule has 0 radical (unpaired) electrons. The summed E-state index contributed by atoms with van der Waals surface area (Å²) in [5.74, 6) is 1.63. The zero-order chi connectivity index (χ0) is 21.7. The van der Waals surface area contributed by atoms with Gasteiger partial charge < -0.3 is 20.6 Å². The van der Waals surface area contributed by atoms with E-state index in [0.717, 1.165) is 89.8 Å². The van der Waals surface area contributed by atoms with E-state index in [4.69, 9.17) is 0 Å². The van der Waals surface area contributed by atoms with E-state index in [1.165, 1.54) is 0 Å². The highest BCUT2D eigenvalue weighted by Gasteiger charge is 2.24. The van der Waals surface area contributed by atoms with E-state index in [1.807, 2.05) is 6.07 Å². The first kappa shape index (κ1) is 27.8. The Morgan fingerprint density at radius 2 is 1.71 bits per heavy atom. The van der Waals surface area contributed by atoms with Crippen molar-refractivity contribution in [3.63, 3.8) is 0 Å². The summed E-state index contributed by atoms with van der Waals surface area (Å²) in [5.41, 5.74) is -0.687. The Labute approximate surface area is 205 Å². The molecule has 1 fully saturated rings. The monoisotopic (exact) mass is 547 g/mol. The number of nitrogens with zero attached hydrogens (tertiary/aromatic N) is 5. The van der Waals surface area contributed by atoms with Crippen LogP contribution in [0.15, 0.2) is 23.5 Å². The maximum absolute atomic E-state index is 10.8. The molecule has 9 heteroatoms. The van der Waals surface area contributed by atoms with Crippen LogP contribution in [-0.2, 0) is 0 Å². The molecule has 8 nitrogen and oxygen atoms in total. The minimum atomic E-state index is -0.687. The second kappa shape index (κ2) is 15.6. The van der Waals surface area contributed by atoms with Gasteiger partial charge in [0.05, 0.1) is 12.1 Å². The van der Waals surface area contributed by atoms with Crippen LogP contribution in [0.2, 0.25) is 0 Å². The quantitative estimate of drug-likeness (QED) is 0.160. The van der Waals surface area contributed by atoms with Crippen molar-refractivity contribution >= 4 is 35.9 Å². The molecule has 0 aromatic carbocycles. The van der Waals surface area contributed by atoms with Gasteiger partial charge in [-0.2, -0.15) is 0 Å². The van der Waals surface area contributed by atoms with E-state index in [1.54, 1.807) is 12.4 Å². The lowest BCUT2D eigenvalue weighted by molar-refractivity contribution is 0.0306. The highest BCUT2D eigenvalue weighted by atomic mass is 127. The van der Waals surface area contributed by atoms with Gasteiger partial charge >= 0.3 is 0 Å². The number of nitrogens with one attached hydrogen (secondary N) is 2. The standard InChI is InChI=1S/C22H41N7O.HI/c1-4-9-22(30,10-5-2)19-27-20(23-6-3)24-13-8-14-28-15-17-29(18-16-28)21-25-11-7-12-26-21;/h7,11-12,30H,4-6,8-10,13-19H2,1-3H3,(H2,23,24,27);1H. The predicted molar refractivity (Wildman–Crippen MR) is 139 cm³/mol. The van der Waals surface area contributed by atoms with Crippen molar-refractivity contribution in [3.8, 4) is 0 Å². The summed E-state index contributed by atoms with van der Waals surface area (Å²) in [7, 11) is 0. The number of hydrogen-bond donors (Lipinski definition) is 3. The summed E-state index contributed by atoms with van der Waals surface area (Å²) in [5, 5.41) is 17.5. The SMILES string of the molecule is CCCC(O)(CCC)CN=C(NCC)NCCCN1CCN(c2ncccn2)CC1.I. The molecule has 1 aliphatic rings. The number of piperazine rings is 1. The maximum atomic E-state index is 10.8. The topological polar surface area (TPSA) is 88.9 Å². The van der Waals surface area contributed by atoms with Crippen LogP contribution in [-0.4, -0.2) is 83.9 Å². The minimum absolute atomic E-state index is 0. The third-order valence-electron chi connectivity index (χ3n) is 5.46. The van der Waals surface area contributed by atoms with Crippen molar-refractivity contribution in [2.75, 3.05) is 57.3 Å². The first-order valence-electron chi connectivity index (χ1n) is 11.6. The molecule has 0 unspecified atom stereocenters. The Bertz CT molecular complexity index is 603. The Kier molecular flexibility index (Phi) is 14.0. The van der Waals surface area contributed by atoms with E-state index in [0.29, 0.717) is 6.54 Å². The predicted octanol–water partition coefficient (Wildman–Crippen LogP) is 2.49. The molecule has 0 aliphatic carbocycles. The minimum Gasteiger partial charge on any atom is -0.388 e. The van der Waals surface area contributed by atoms with Crippen LogP contribution in [0.25, 0.3) is 0 Å². The summed E-state index contributed by atoms with van der Waals surface area (Å²) in [6, 6.07) is 1.85. The second-order valence-electron chi connectivity index (χ2n) is 8.08. The number of aliphatic hydroxyl groups is 1. The Morgan fingerprint density at radius 3 is 2.29 bits per heavy atom. The molecule has 178 valence electrons. The molecule has 1 aromatic rings. The van der Waals surface area contributed by atoms with Crippen molar-refractivity contribution in [3.05, 3.63) is 18.5 Å². The van der Waals surface area contributed by atoms with Crippen molar-refractivity contribution < 1.29 is 5.11 Å². The first-order chi connectivity index (χ1) is 14.6. The van der Waals surface area contributed by atoms with Gasteiger partial charge in [0.1, 0.15) is 0 Å². The van der Waals surface area contributed by atoms with Gasteiger partial charge in [-0.15, -0.1) is 24.0 Å². The summed E-state index contributed by atoms with van der Waals surface area (Å²) >= 11 is 0. The number of rotatable bonds is 12. The molecule has 1 saturated heterocycles. The lowest BCUT2D eigenvalue weighted by atomic mass is 9.93. The summed E-state index contributed by atoms with van der Waals surface area (Å²) in [4.78, 5) is 18.1. The third kappa shape index (κ3) is 10.3. The van der Waals surface area contributed by atoms with E-state index in [9.17, 15) is 5.11 Å². The van der Waals surface area contributed by atoms with E-state index in [2.05, 4.69) is 56.2 Å². The van der Waals surface area contributed by atoms with Crippen LogP contribution in [0.5, 0.6) is 0 Å². The van der Waals surface area contributed by atoms with E-state index in [-0.39, 0.29) is 24.0 Å². The van der Waals surface area contributed by atoms with Crippen LogP contribution in [0.3, 0.4) is 0 Å². The van der Waals surface area contributed by atoms with E-state index < -0.39 is 5.60 Å². The summed E-state index contributed by atoms with van der Waals surface area (Å²) in [6.45, 7) is 13.5. The molecule has 0 atom stereocenters. The van der Waals surface area contributed by atoms with Gasteiger partial charge in [-0.05, 0) is 38.8 Å². The van der Waals surface area contributed by atoms with Crippen molar-refractivity contribution in [1.29, 1.82) is 0 Å². The number of aromatic nitrogens is 2. The van der Waals surface area contributed by atoms with Crippen LogP contribution in [0.4, 0.5) is 5.95 Å². The second-order valence-corrected chi connectivity index (χ2v) is 8.08. The molecule has 1 aliphatic heterocycles. The average molecular weight is 548 g/mol. The Balaban J connectivity index is 0.00000480. The van der Waals surface area contributed by atoms with Crippen molar-refractivity contribution in [2.45, 2.75) is 58.5 Å². The number of hydrogen-bond acceptors (Lipinski definition) is 6. The molecule has 0 spiro atoms. The average Bonchev–Trinajstić information content (AvgIpc) is 2.76. The maximum Gasteiger partial charge on any atom is 0.225 e. The highest BCUT2D eigenvalue weighted by molar-refractivity contribution is 14.0. The van der Waals surface area contributed by atoms with Crippen LogP contribution >= 0.6 is 24.0 Å². The molecule has 3 N–H and O–H groups in total. The lowest BCUT2D eigenvalue weighted by Crippen LogP contribution is -2.47. The largest absolute Gasteiger partial charge is 0.388 e. The molecule has 31 heavy (non-hydrogen) atoms. The fourth-order valence-corrected chi connectivity index (χ4v) is 3.92. The summed E-state index contributed by atoms with van der Waals surface area (Å²) in [6.07, 6.45) is 8.19. The van der Waals surface area contributed by atoms with Crippen LogP contribution < -0.4 is 15.5 Å². The van der Waals surface area contributed by atoms with Gasteiger partial charge in [0.25, 0.3) is 0 Å². The zero-order valence-corrected chi connectivity index (χ0v) is 21.8. The van der Waals surface area contributed by atoms with Gasteiger partial charge in [0.15, 0.2) is 5.96 Å². The number of aliphatic imine (C=N–C) groups is 1. The molecular formula is C22H42IN7O. The fraction of sp³-hybridized carbons (Fsp3) is 0.773. The van der Waals surface area contributed by atoms with Crippen molar-refractivity contribution in [1.82, 2.24) is 25.5 Å². The molecule has 0 saturated carbocycles. The van der Waals surface area contributed by atoms with Gasteiger partial charge in [0, 0.05) is 51.7 Å². The fourth-order valence-electron chi connectivity index (χ4n) is 3.92. The van der Waals surface area contributed by atoms with Crippen molar-refractivity contribution in [2.24, 2.45) is 4.99 Å². The first-order valence-corrected chi connectivity index (χ1v) is 11.6. The Morgan fingerprint density at radius 1 is 1.06 bits per heavy atom. The summed E-state index contributed by atoms with van der Waals surface area (Å²) < 4.78 is 0. The molecule has 0 bridgehead atoms. The van der Waals surface area contributed by atoms with Gasteiger partial charge in [-0.25, -0.2) is 9.97 Å².